The number of phenolic OH excluding ortho intramolecular Hbond substituents is 1. The quantitative estimate of drug-likeness (QED) is 0.608. The van der Waals surface area contributed by atoms with Gasteiger partial charge < -0.3 is 15.2 Å². The SMILES string of the molecule is COC(=O)c1ccc(O)c(NC(=O)[C@@H](c2ccccc2)N2CCSCC2)c1. The second-order valence-electron chi connectivity index (χ2n) is 6.17. The Bertz CT molecular complexity index is 807. The highest BCUT2D eigenvalue weighted by Crippen LogP contribution is 2.29. The number of nitrogens with zero attached hydrogens (tertiary/aromatic N) is 1. The van der Waals surface area contributed by atoms with E-state index in [4.69, 9.17) is 4.74 Å². The summed E-state index contributed by atoms with van der Waals surface area (Å²) in [6, 6.07) is 13.4. The third-order valence-corrected chi connectivity index (χ3v) is 5.39. The molecule has 6 nitrogen and oxygen atoms in total. The molecule has 1 amide bonds. The molecule has 0 aliphatic carbocycles. The summed E-state index contributed by atoms with van der Waals surface area (Å²) in [7, 11) is 1.28. The van der Waals surface area contributed by atoms with Crippen LogP contribution < -0.4 is 5.32 Å². The molecule has 3 rings (SSSR count). The van der Waals surface area contributed by atoms with Crippen molar-refractivity contribution < 1.29 is 19.4 Å². The van der Waals surface area contributed by atoms with E-state index in [1.165, 1.54) is 25.3 Å². The smallest absolute Gasteiger partial charge is 0.337 e. The topological polar surface area (TPSA) is 78.9 Å². The summed E-state index contributed by atoms with van der Waals surface area (Å²) in [6.07, 6.45) is 0. The van der Waals surface area contributed by atoms with Crippen LogP contribution in [0.4, 0.5) is 5.69 Å². The Morgan fingerprint density at radius 2 is 1.85 bits per heavy atom. The van der Waals surface area contributed by atoms with Gasteiger partial charge in [0.2, 0.25) is 5.91 Å². The fraction of sp³-hybridized carbons (Fsp3) is 0.300. The first-order valence-corrected chi connectivity index (χ1v) is 9.84. The molecule has 27 heavy (non-hydrogen) atoms. The van der Waals surface area contributed by atoms with Crippen molar-refractivity contribution in [2.45, 2.75) is 6.04 Å². The number of amides is 1. The summed E-state index contributed by atoms with van der Waals surface area (Å²) in [5.74, 6) is 1.07. The Hall–Kier alpha value is -2.51. The van der Waals surface area contributed by atoms with Crippen LogP contribution in [0.15, 0.2) is 48.5 Å². The van der Waals surface area contributed by atoms with Gasteiger partial charge in [0.15, 0.2) is 0 Å². The van der Waals surface area contributed by atoms with Gasteiger partial charge in [0.25, 0.3) is 0 Å². The molecular formula is C20H22N2O4S. The zero-order valence-corrected chi connectivity index (χ0v) is 15.9. The van der Waals surface area contributed by atoms with Gasteiger partial charge in [-0.1, -0.05) is 30.3 Å². The lowest BCUT2D eigenvalue weighted by Gasteiger charge is -2.33. The van der Waals surface area contributed by atoms with Crippen LogP contribution >= 0.6 is 11.8 Å². The molecule has 0 unspecified atom stereocenters. The van der Waals surface area contributed by atoms with Crippen molar-refractivity contribution in [1.29, 1.82) is 0 Å². The molecule has 1 saturated heterocycles. The Morgan fingerprint density at radius 3 is 2.52 bits per heavy atom. The number of aromatic hydroxyl groups is 1. The predicted molar refractivity (Wildman–Crippen MR) is 106 cm³/mol. The van der Waals surface area contributed by atoms with E-state index in [1.54, 1.807) is 0 Å². The average Bonchev–Trinajstić information content (AvgIpc) is 2.71. The second-order valence-corrected chi connectivity index (χ2v) is 7.40. The van der Waals surface area contributed by atoms with Crippen LogP contribution in [0.3, 0.4) is 0 Å². The molecule has 2 N–H and O–H groups in total. The maximum Gasteiger partial charge on any atom is 0.337 e. The van der Waals surface area contributed by atoms with Gasteiger partial charge in [-0.2, -0.15) is 11.8 Å². The van der Waals surface area contributed by atoms with Crippen LogP contribution in [0.2, 0.25) is 0 Å². The summed E-state index contributed by atoms with van der Waals surface area (Å²) >= 11 is 1.87. The van der Waals surface area contributed by atoms with Crippen molar-refractivity contribution >= 4 is 29.3 Å². The first-order chi connectivity index (χ1) is 13.1. The molecular weight excluding hydrogens is 364 g/mol. The van der Waals surface area contributed by atoms with Crippen LogP contribution in [0.1, 0.15) is 22.0 Å². The Morgan fingerprint density at radius 1 is 1.15 bits per heavy atom. The van der Waals surface area contributed by atoms with Crippen LogP contribution in [0, 0.1) is 0 Å². The molecule has 1 aliphatic heterocycles. The molecule has 0 saturated carbocycles. The standard InChI is InChI=1S/C20H22N2O4S/c1-26-20(25)15-7-8-17(23)16(13-15)21-19(24)18(14-5-3-2-4-6-14)22-9-11-27-12-10-22/h2-8,13,18,23H,9-12H2,1H3,(H,21,24)/t18-/m1/s1. The third-order valence-electron chi connectivity index (χ3n) is 4.45. The average molecular weight is 386 g/mol. The summed E-state index contributed by atoms with van der Waals surface area (Å²) in [4.78, 5) is 27.0. The highest BCUT2D eigenvalue weighted by atomic mass is 32.2. The van der Waals surface area contributed by atoms with Crippen LogP contribution in [0.5, 0.6) is 5.75 Å². The first-order valence-electron chi connectivity index (χ1n) is 8.69. The van der Waals surface area contributed by atoms with Gasteiger partial charge in [-0.25, -0.2) is 4.79 Å². The number of nitrogens with one attached hydrogen (secondary N) is 1. The van der Waals surface area contributed by atoms with E-state index in [1.807, 2.05) is 42.1 Å². The Labute approximate surface area is 162 Å². The second kappa shape index (κ2) is 8.92. The highest BCUT2D eigenvalue weighted by molar-refractivity contribution is 7.99. The van der Waals surface area contributed by atoms with E-state index in [2.05, 4.69) is 10.2 Å². The van der Waals surface area contributed by atoms with Crippen LogP contribution in [0.25, 0.3) is 0 Å². The molecule has 1 fully saturated rings. The van der Waals surface area contributed by atoms with Crippen molar-refractivity contribution in [3.8, 4) is 5.75 Å². The Balaban J connectivity index is 1.87. The Kier molecular flexibility index (Phi) is 6.36. The number of thioether (sulfide) groups is 1. The number of rotatable bonds is 5. The van der Waals surface area contributed by atoms with E-state index in [0.29, 0.717) is 0 Å². The molecule has 142 valence electrons. The van der Waals surface area contributed by atoms with E-state index < -0.39 is 12.0 Å². The summed E-state index contributed by atoms with van der Waals surface area (Å²) in [5.41, 5.74) is 1.34. The van der Waals surface area contributed by atoms with E-state index >= 15 is 0 Å². The number of carbonyl (C=O) groups excluding carboxylic acids is 2. The lowest BCUT2D eigenvalue weighted by molar-refractivity contribution is -0.121. The first kappa shape index (κ1) is 19.3. The molecule has 0 aromatic heterocycles. The molecule has 1 heterocycles. The number of carbonyl (C=O) groups is 2. The lowest BCUT2D eigenvalue weighted by atomic mass is 10.0. The highest BCUT2D eigenvalue weighted by Gasteiger charge is 2.29. The van der Waals surface area contributed by atoms with E-state index in [9.17, 15) is 14.7 Å². The number of anilines is 1. The normalized spacial score (nSPS) is 15.7. The van der Waals surface area contributed by atoms with Gasteiger partial charge in [0.1, 0.15) is 11.8 Å². The van der Waals surface area contributed by atoms with Crippen molar-refractivity contribution in [2.75, 3.05) is 37.0 Å². The van der Waals surface area contributed by atoms with E-state index in [-0.39, 0.29) is 22.9 Å². The number of hydrogen-bond acceptors (Lipinski definition) is 6. The minimum atomic E-state index is -0.529. The van der Waals surface area contributed by atoms with Gasteiger partial charge in [0.05, 0.1) is 18.4 Å². The lowest BCUT2D eigenvalue weighted by Crippen LogP contribution is -2.42. The van der Waals surface area contributed by atoms with Crippen molar-refractivity contribution in [3.05, 3.63) is 59.7 Å². The maximum absolute atomic E-state index is 13.1. The van der Waals surface area contributed by atoms with Gasteiger partial charge >= 0.3 is 5.97 Å². The van der Waals surface area contributed by atoms with Gasteiger partial charge in [-0.15, -0.1) is 0 Å². The molecule has 2 aromatic carbocycles. The predicted octanol–water partition coefficient (Wildman–Crippen LogP) is 2.91. The van der Waals surface area contributed by atoms with Gasteiger partial charge in [0, 0.05) is 24.6 Å². The number of methoxy groups -OCH3 is 1. The number of phenols is 1. The molecule has 1 aliphatic rings. The summed E-state index contributed by atoms with van der Waals surface area (Å²) in [6.45, 7) is 1.62. The number of ether oxygens (including phenoxy) is 1. The third kappa shape index (κ3) is 4.61. The number of benzene rings is 2. The summed E-state index contributed by atoms with van der Waals surface area (Å²) < 4.78 is 4.70. The minimum absolute atomic E-state index is 0.1000. The van der Waals surface area contributed by atoms with E-state index in [0.717, 1.165) is 30.2 Å². The molecule has 0 spiro atoms. The zero-order chi connectivity index (χ0) is 19.2. The fourth-order valence-corrected chi connectivity index (χ4v) is 4.01. The molecule has 2 aromatic rings. The van der Waals surface area contributed by atoms with Crippen molar-refractivity contribution in [1.82, 2.24) is 4.90 Å². The zero-order valence-electron chi connectivity index (χ0n) is 15.1. The molecule has 0 bridgehead atoms. The molecule has 7 heteroatoms. The van der Waals surface area contributed by atoms with Crippen LogP contribution in [-0.4, -0.2) is 53.6 Å². The largest absolute Gasteiger partial charge is 0.506 e. The number of hydrogen-bond donors (Lipinski definition) is 2. The van der Waals surface area contributed by atoms with Gasteiger partial charge in [-0.3, -0.25) is 9.69 Å². The minimum Gasteiger partial charge on any atom is -0.506 e. The van der Waals surface area contributed by atoms with Gasteiger partial charge in [-0.05, 0) is 23.8 Å². The molecule has 1 atom stereocenters. The maximum atomic E-state index is 13.1. The van der Waals surface area contributed by atoms with Crippen molar-refractivity contribution in [3.63, 3.8) is 0 Å². The van der Waals surface area contributed by atoms with Crippen LogP contribution in [-0.2, 0) is 9.53 Å². The summed E-state index contributed by atoms with van der Waals surface area (Å²) in [5, 5.41) is 12.9. The number of esters is 1. The van der Waals surface area contributed by atoms with Crippen molar-refractivity contribution in [2.24, 2.45) is 0 Å². The molecule has 0 radical (unpaired) electrons. The monoisotopic (exact) mass is 386 g/mol. The fourth-order valence-electron chi connectivity index (χ4n) is 3.08.